The highest BCUT2D eigenvalue weighted by molar-refractivity contribution is 7.10. The fourth-order valence-corrected chi connectivity index (χ4v) is 1.80. The fraction of sp³-hybridized carbons (Fsp3) is 0.364. The zero-order valence-electron chi connectivity index (χ0n) is 8.54. The third-order valence-corrected chi connectivity index (χ3v) is 2.74. The monoisotopic (exact) mass is 209 g/mol. The molecule has 0 aliphatic rings. The minimum Gasteiger partial charge on any atom is -0.356 e. The average Bonchev–Trinajstić information content (AvgIpc) is 2.51. The van der Waals surface area contributed by atoms with Gasteiger partial charge in [-0.1, -0.05) is 12.2 Å². The maximum atomic E-state index is 10.6. The Hall–Kier alpha value is -1.09. The van der Waals surface area contributed by atoms with Crippen LogP contribution in [0.5, 0.6) is 0 Å². The molecule has 3 heteroatoms. The van der Waals surface area contributed by atoms with E-state index in [4.69, 9.17) is 0 Å². The van der Waals surface area contributed by atoms with E-state index < -0.39 is 0 Å². The molecular weight excluding hydrogens is 194 g/mol. The molecule has 0 saturated heterocycles. The summed E-state index contributed by atoms with van der Waals surface area (Å²) < 4.78 is 0. The second-order valence-electron chi connectivity index (χ2n) is 3.11. The van der Waals surface area contributed by atoms with Crippen LogP contribution in [-0.2, 0) is 4.79 Å². The van der Waals surface area contributed by atoms with E-state index >= 15 is 0 Å². The maximum Gasteiger partial charge on any atom is 0.216 e. The van der Waals surface area contributed by atoms with Crippen LogP contribution in [0.2, 0.25) is 0 Å². The summed E-state index contributed by atoms with van der Waals surface area (Å²) in [6.07, 6.45) is 5.08. The zero-order valence-corrected chi connectivity index (χ0v) is 9.36. The number of thiophene rings is 1. The number of carbonyl (C=O) groups is 1. The second kappa shape index (κ2) is 5.60. The normalized spacial score (nSPS) is 10.7. The average molecular weight is 209 g/mol. The minimum absolute atomic E-state index is 0.0325. The highest BCUT2D eigenvalue weighted by Crippen LogP contribution is 2.16. The van der Waals surface area contributed by atoms with Crippen LogP contribution in [0.25, 0.3) is 6.08 Å². The number of carbonyl (C=O) groups excluding carboxylic acids is 1. The van der Waals surface area contributed by atoms with Crippen molar-refractivity contribution in [3.63, 3.8) is 0 Å². The molecule has 1 rings (SSSR count). The molecule has 2 nitrogen and oxygen atoms in total. The topological polar surface area (TPSA) is 29.1 Å². The van der Waals surface area contributed by atoms with Gasteiger partial charge in [0, 0.05) is 18.3 Å². The Bertz CT molecular complexity index is 328. The Labute approximate surface area is 88.6 Å². The molecule has 0 aliphatic carbocycles. The quantitative estimate of drug-likeness (QED) is 0.759. The van der Waals surface area contributed by atoms with Gasteiger partial charge in [0.25, 0.3) is 0 Å². The fourth-order valence-electron chi connectivity index (χ4n) is 1.11. The van der Waals surface area contributed by atoms with E-state index in [1.54, 1.807) is 11.3 Å². The van der Waals surface area contributed by atoms with Crippen LogP contribution in [0.1, 0.15) is 23.8 Å². The van der Waals surface area contributed by atoms with Crippen LogP contribution in [0.4, 0.5) is 0 Å². The van der Waals surface area contributed by atoms with Gasteiger partial charge in [-0.25, -0.2) is 0 Å². The van der Waals surface area contributed by atoms with Gasteiger partial charge in [-0.2, -0.15) is 0 Å². The van der Waals surface area contributed by atoms with E-state index in [-0.39, 0.29) is 5.91 Å². The predicted octanol–water partition coefficient (Wildman–Crippen LogP) is 2.60. The highest BCUT2D eigenvalue weighted by Gasteiger charge is 1.93. The van der Waals surface area contributed by atoms with Gasteiger partial charge in [0.05, 0.1) is 0 Å². The molecule has 0 saturated carbocycles. The summed E-state index contributed by atoms with van der Waals surface area (Å²) in [5.41, 5.74) is 1.28. The number of nitrogens with one attached hydrogen (secondary N) is 1. The molecule has 0 unspecified atom stereocenters. The number of aryl methyl sites for hydroxylation is 1. The third kappa shape index (κ3) is 3.75. The molecule has 14 heavy (non-hydrogen) atoms. The molecule has 1 aromatic rings. The van der Waals surface area contributed by atoms with Gasteiger partial charge in [-0.05, 0) is 30.4 Å². The summed E-state index contributed by atoms with van der Waals surface area (Å²) in [6.45, 7) is 4.36. The van der Waals surface area contributed by atoms with Gasteiger partial charge in [0.2, 0.25) is 5.91 Å². The summed E-state index contributed by atoms with van der Waals surface area (Å²) in [6, 6.07) is 2.11. The second-order valence-corrected chi connectivity index (χ2v) is 4.23. The zero-order chi connectivity index (χ0) is 10.4. The molecule has 76 valence electrons. The summed E-state index contributed by atoms with van der Waals surface area (Å²) in [7, 11) is 0. The largest absolute Gasteiger partial charge is 0.356 e. The van der Waals surface area contributed by atoms with Crippen LogP contribution in [0.3, 0.4) is 0 Å². The van der Waals surface area contributed by atoms with E-state index in [1.807, 2.05) is 0 Å². The van der Waals surface area contributed by atoms with Crippen molar-refractivity contribution in [2.75, 3.05) is 6.54 Å². The number of amides is 1. The predicted molar refractivity (Wildman–Crippen MR) is 61.4 cm³/mol. The van der Waals surface area contributed by atoms with Crippen molar-refractivity contribution in [1.29, 1.82) is 0 Å². The van der Waals surface area contributed by atoms with Gasteiger partial charge in [-0.3, -0.25) is 4.79 Å². The SMILES string of the molecule is CC(=O)NCCC=Cc1ccsc1C. The molecule has 0 aliphatic heterocycles. The molecule has 1 heterocycles. The number of hydrogen-bond acceptors (Lipinski definition) is 2. The minimum atomic E-state index is 0.0325. The van der Waals surface area contributed by atoms with Crippen molar-refractivity contribution in [3.05, 3.63) is 28.0 Å². The summed E-state index contributed by atoms with van der Waals surface area (Å²) in [4.78, 5) is 11.9. The lowest BCUT2D eigenvalue weighted by atomic mass is 10.2. The van der Waals surface area contributed by atoms with E-state index in [9.17, 15) is 4.79 Å². The van der Waals surface area contributed by atoms with Crippen molar-refractivity contribution >= 4 is 23.3 Å². The van der Waals surface area contributed by atoms with E-state index in [0.717, 1.165) is 13.0 Å². The Morgan fingerprint density at radius 3 is 3.00 bits per heavy atom. The Morgan fingerprint density at radius 2 is 2.43 bits per heavy atom. The highest BCUT2D eigenvalue weighted by atomic mass is 32.1. The van der Waals surface area contributed by atoms with Crippen LogP contribution in [0, 0.1) is 6.92 Å². The smallest absolute Gasteiger partial charge is 0.216 e. The molecule has 1 N–H and O–H groups in total. The summed E-state index contributed by atoms with van der Waals surface area (Å²) in [5.74, 6) is 0.0325. The molecule has 0 aromatic carbocycles. The third-order valence-electron chi connectivity index (χ3n) is 1.88. The first kappa shape index (κ1) is 11.0. The van der Waals surface area contributed by atoms with Gasteiger partial charge in [0.15, 0.2) is 0 Å². The lowest BCUT2D eigenvalue weighted by Crippen LogP contribution is -2.20. The van der Waals surface area contributed by atoms with Crippen molar-refractivity contribution in [2.24, 2.45) is 0 Å². The number of hydrogen-bond donors (Lipinski definition) is 1. The Kier molecular flexibility index (Phi) is 4.40. The van der Waals surface area contributed by atoms with Crippen LogP contribution in [-0.4, -0.2) is 12.5 Å². The van der Waals surface area contributed by atoms with Gasteiger partial charge in [0.1, 0.15) is 0 Å². The summed E-state index contributed by atoms with van der Waals surface area (Å²) in [5, 5.41) is 4.84. The molecule has 0 atom stereocenters. The van der Waals surface area contributed by atoms with Crippen LogP contribution in [0.15, 0.2) is 17.5 Å². The van der Waals surface area contributed by atoms with Crippen LogP contribution >= 0.6 is 11.3 Å². The molecule has 0 bridgehead atoms. The first-order valence-electron chi connectivity index (χ1n) is 4.65. The first-order valence-corrected chi connectivity index (χ1v) is 5.53. The Balaban J connectivity index is 2.28. The Morgan fingerprint density at radius 1 is 1.64 bits per heavy atom. The van der Waals surface area contributed by atoms with Crippen LogP contribution < -0.4 is 5.32 Å². The lowest BCUT2D eigenvalue weighted by Gasteiger charge is -1.96. The first-order chi connectivity index (χ1) is 6.70. The van der Waals surface area contributed by atoms with Gasteiger partial charge in [-0.15, -0.1) is 11.3 Å². The van der Waals surface area contributed by atoms with E-state index in [1.165, 1.54) is 17.4 Å². The van der Waals surface area contributed by atoms with Gasteiger partial charge >= 0.3 is 0 Å². The lowest BCUT2D eigenvalue weighted by molar-refractivity contribution is -0.118. The van der Waals surface area contributed by atoms with E-state index in [0.29, 0.717) is 0 Å². The molecule has 1 amide bonds. The van der Waals surface area contributed by atoms with E-state index in [2.05, 4.69) is 35.8 Å². The molecule has 0 radical (unpaired) electrons. The van der Waals surface area contributed by atoms with Gasteiger partial charge < -0.3 is 5.32 Å². The standard InChI is InChI=1S/C11H15NOS/c1-9-11(6-8-14-9)5-3-4-7-12-10(2)13/h3,5-6,8H,4,7H2,1-2H3,(H,12,13). The maximum absolute atomic E-state index is 10.6. The molecule has 0 spiro atoms. The molecular formula is C11H15NOS. The molecule has 1 aromatic heterocycles. The van der Waals surface area contributed by atoms with Crippen molar-refractivity contribution < 1.29 is 4.79 Å². The summed E-state index contributed by atoms with van der Waals surface area (Å²) >= 11 is 1.75. The number of rotatable bonds is 4. The van der Waals surface area contributed by atoms with Crippen molar-refractivity contribution in [3.8, 4) is 0 Å². The molecule has 0 fully saturated rings. The van der Waals surface area contributed by atoms with Crippen molar-refractivity contribution in [1.82, 2.24) is 5.32 Å². The van der Waals surface area contributed by atoms with Crippen molar-refractivity contribution in [2.45, 2.75) is 20.3 Å².